The summed E-state index contributed by atoms with van der Waals surface area (Å²) in [6, 6.07) is 20.4. The molecule has 2 heterocycles. The van der Waals surface area contributed by atoms with Gasteiger partial charge in [0, 0.05) is 24.2 Å². The molecule has 0 aliphatic carbocycles. The number of aromatic nitrogens is 1. The maximum atomic E-state index is 13.2. The first-order chi connectivity index (χ1) is 15.5. The molecule has 2 amide bonds. The number of ether oxygens (including phenoxy) is 1. The molecule has 4 rings (SSSR count). The van der Waals surface area contributed by atoms with Crippen molar-refractivity contribution in [3.63, 3.8) is 0 Å². The van der Waals surface area contributed by atoms with E-state index in [4.69, 9.17) is 9.15 Å². The van der Waals surface area contributed by atoms with Crippen LogP contribution in [0.2, 0.25) is 0 Å². The number of amides is 2. The summed E-state index contributed by atoms with van der Waals surface area (Å²) in [7, 11) is 1.56. The second-order valence-corrected chi connectivity index (χ2v) is 7.44. The molecule has 0 aliphatic rings. The number of furan rings is 1. The Morgan fingerprint density at radius 3 is 2.59 bits per heavy atom. The Morgan fingerprint density at radius 2 is 1.81 bits per heavy atom. The second kappa shape index (κ2) is 9.34. The molecule has 0 aliphatic heterocycles. The summed E-state index contributed by atoms with van der Waals surface area (Å²) in [5.74, 6) is 0.537. The molecule has 32 heavy (non-hydrogen) atoms. The third-order valence-corrected chi connectivity index (χ3v) is 4.93. The molecular formula is C25H23N3O4. The van der Waals surface area contributed by atoms with Crippen LogP contribution in [-0.2, 0) is 11.4 Å². The summed E-state index contributed by atoms with van der Waals surface area (Å²) in [5, 5.41) is 3.51. The molecule has 7 heteroatoms. The zero-order valence-corrected chi connectivity index (χ0v) is 17.9. The Morgan fingerprint density at radius 1 is 1.06 bits per heavy atom. The van der Waals surface area contributed by atoms with Crippen LogP contribution in [0.25, 0.3) is 11.0 Å². The number of hydrogen-bond donors (Lipinski definition) is 1. The van der Waals surface area contributed by atoms with Gasteiger partial charge in [-0.2, -0.15) is 0 Å². The van der Waals surface area contributed by atoms with Crippen molar-refractivity contribution in [2.45, 2.75) is 13.5 Å². The fourth-order valence-corrected chi connectivity index (χ4v) is 3.33. The van der Waals surface area contributed by atoms with Gasteiger partial charge in [-0.25, -0.2) is 4.98 Å². The largest absolute Gasteiger partial charge is 0.489 e. The molecule has 1 N–H and O–H groups in total. The van der Waals surface area contributed by atoms with Gasteiger partial charge in [0.1, 0.15) is 30.3 Å². The van der Waals surface area contributed by atoms with Crippen molar-refractivity contribution >= 4 is 28.6 Å². The fraction of sp³-hybridized carbons (Fsp3) is 0.160. The number of benzene rings is 2. The third kappa shape index (κ3) is 4.78. The molecule has 2 aromatic heterocycles. The molecule has 162 valence electrons. The van der Waals surface area contributed by atoms with E-state index in [-0.39, 0.29) is 24.8 Å². The van der Waals surface area contributed by atoms with Crippen LogP contribution in [0.3, 0.4) is 0 Å². The summed E-state index contributed by atoms with van der Waals surface area (Å²) >= 11 is 0. The number of aryl methyl sites for hydroxylation is 1. The van der Waals surface area contributed by atoms with Gasteiger partial charge in [-0.15, -0.1) is 0 Å². The normalized spacial score (nSPS) is 10.7. The minimum Gasteiger partial charge on any atom is -0.489 e. The first-order valence-corrected chi connectivity index (χ1v) is 10.2. The Balaban J connectivity index is 1.52. The first kappa shape index (κ1) is 21.1. The number of rotatable bonds is 7. The van der Waals surface area contributed by atoms with Crippen LogP contribution in [0.1, 0.15) is 21.7 Å². The molecule has 7 nitrogen and oxygen atoms in total. The molecular weight excluding hydrogens is 406 g/mol. The van der Waals surface area contributed by atoms with Gasteiger partial charge in [0.2, 0.25) is 5.91 Å². The monoisotopic (exact) mass is 429 g/mol. The number of nitrogens with one attached hydrogen (secondary N) is 1. The van der Waals surface area contributed by atoms with Gasteiger partial charge in [-0.05, 0) is 42.8 Å². The average molecular weight is 429 g/mol. The zero-order chi connectivity index (χ0) is 22.5. The van der Waals surface area contributed by atoms with Crippen molar-refractivity contribution in [2.24, 2.45) is 0 Å². The standard InChI is InChI=1S/C25H23N3O4/c1-17-12-13-26-22(14-17)27-23(29)15-28(2)25(30)24-20(16-31-18-8-4-3-5-9-18)19-10-6-7-11-21(19)32-24/h3-14H,15-16H2,1-2H3,(H,26,27,29). The molecule has 0 fully saturated rings. The van der Waals surface area contributed by atoms with Crippen LogP contribution in [-0.4, -0.2) is 35.3 Å². The highest BCUT2D eigenvalue weighted by Gasteiger charge is 2.25. The topological polar surface area (TPSA) is 84.7 Å². The highest BCUT2D eigenvalue weighted by atomic mass is 16.5. The van der Waals surface area contributed by atoms with Gasteiger partial charge in [-0.3, -0.25) is 9.59 Å². The van der Waals surface area contributed by atoms with Crippen LogP contribution in [0.4, 0.5) is 5.82 Å². The van der Waals surface area contributed by atoms with Gasteiger partial charge in [0.05, 0.1) is 0 Å². The molecule has 0 saturated heterocycles. The van der Waals surface area contributed by atoms with Gasteiger partial charge >= 0.3 is 0 Å². The zero-order valence-electron chi connectivity index (χ0n) is 17.9. The summed E-state index contributed by atoms with van der Waals surface area (Å²) in [5.41, 5.74) is 2.21. The number of likely N-dealkylation sites (N-methyl/N-ethyl adjacent to an activating group) is 1. The van der Waals surface area contributed by atoms with E-state index in [1.165, 1.54) is 4.90 Å². The third-order valence-electron chi connectivity index (χ3n) is 4.93. The summed E-state index contributed by atoms with van der Waals surface area (Å²) in [6.45, 7) is 1.92. The molecule has 0 unspecified atom stereocenters. The molecule has 0 bridgehead atoms. The van der Waals surface area contributed by atoms with Gasteiger partial charge in [0.25, 0.3) is 5.91 Å². The minimum atomic E-state index is -0.403. The Bertz CT molecular complexity index is 1250. The lowest BCUT2D eigenvalue weighted by Crippen LogP contribution is -2.35. The number of fused-ring (bicyclic) bond motifs is 1. The number of nitrogens with zero attached hydrogens (tertiary/aromatic N) is 2. The lowest BCUT2D eigenvalue weighted by molar-refractivity contribution is -0.116. The first-order valence-electron chi connectivity index (χ1n) is 10.2. The van der Waals surface area contributed by atoms with Gasteiger partial charge in [-0.1, -0.05) is 36.4 Å². The van der Waals surface area contributed by atoms with E-state index in [0.717, 1.165) is 10.9 Å². The quantitative estimate of drug-likeness (QED) is 0.470. The number of hydrogen-bond acceptors (Lipinski definition) is 5. The maximum Gasteiger partial charge on any atom is 0.290 e. The Hall–Kier alpha value is -4.13. The van der Waals surface area contributed by atoms with Crippen LogP contribution < -0.4 is 10.1 Å². The minimum absolute atomic E-state index is 0.148. The maximum absolute atomic E-state index is 13.2. The van der Waals surface area contributed by atoms with E-state index in [0.29, 0.717) is 22.7 Å². The predicted octanol–water partition coefficient (Wildman–Crippen LogP) is 4.43. The van der Waals surface area contributed by atoms with Crippen LogP contribution >= 0.6 is 0 Å². The van der Waals surface area contributed by atoms with Gasteiger partial charge in [0.15, 0.2) is 5.76 Å². The van der Waals surface area contributed by atoms with E-state index in [1.54, 1.807) is 25.4 Å². The van der Waals surface area contributed by atoms with E-state index in [1.807, 2.05) is 61.5 Å². The number of carbonyl (C=O) groups is 2. The number of carbonyl (C=O) groups excluding carboxylic acids is 2. The SMILES string of the molecule is Cc1ccnc(NC(=O)CN(C)C(=O)c2oc3ccccc3c2COc2ccccc2)c1. The van der Waals surface area contributed by atoms with Crippen LogP contribution in [0.5, 0.6) is 5.75 Å². The van der Waals surface area contributed by atoms with Crippen molar-refractivity contribution in [2.75, 3.05) is 18.9 Å². The fourth-order valence-electron chi connectivity index (χ4n) is 3.33. The van der Waals surface area contributed by atoms with Crippen molar-refractivity contribution in [1.29, 1.82) is 0 Å². The lowest BCUT2D eigenvalue weighted by atomic mass is 10.1. The van der Waals surface area contributed by atoms with Crippen LogP contribution in [0, 0.1) is 6.92 Å². The molecule has 0 saturated carbocycles. The number of para-hydroxylation sites is 2. The Labute approximate surface area is 185 Å². The molecule has 0 atom stereocenters. The summed E-state index contributed by atoms with van der Waals surface area (Å²) < 4.78 is 11.8. The van der Waals surface area contributed by atoms with E-state index in [2.05, 4.69) is 10.3 Å². The Kier molecular flexibility index (Phi) is 6.17. The summed E-state index contributed by atoms with van der Waals surface area (Å²) in [4.78, 5) is 31.0. The highest BCUT2D eigenvalue weighted by molar-refractivity contribution is 6.01. The molecule has 4 aromatic rings. The van der Waals surface area contributed by atoms with E-state index >= 15 is 0 Å². The molecule has 0 radical (unpaired) electrons. The smallest absolute Gasteiger partial charge is 0.290 e. The molecule has 2 aromatic carbocycles. The second-order valence-electron chi connectivity index (χ2n) is 7.44. The predicted molar refractivity (Wildman–Crippen MR) is 122 cm³/mol. The summed E-state index contributed by atoms with van der Waals surface area (Å²) in [6.07, 6.45) is 1.62. The van der Waals surface area contributed by atoms with Crippen molar-refractivity contribution in [3.05, 3.63) is 89.8 Å². The van der Waals surface area contributed by atoms with E-state index < -0.39 is 5.91 Å². The average Bonchev–Trinajstić information content (AvgIpc) is 3.16. The highest BCUT2D eigenvalue weighted by Crippen LogP contribution is 2.28. The lowest BCUT2D eigenvalue weighted by Gasteiger charge is -2.16. The number of pyridine rings is 1. The van der Waals surface area contributed by atoms with Crippen LogP contribution in [0.15, 0.2) is 77.3 Å². The van der Waals surface area contributed by atoms with Crippen molar-refractivity contribution < 1.29 is 18.7 Å². The van der Waals surface area contributed by atoms with Gasteiger partial charge < -0.3 is 19.4 Å². The molecule has 0 spiro atoms. The number of anilines is 1. The van der Waals surface area contributed by atoms with Crippen molar-refractivity contribution in [1.82, 2.24) is 9.88 Å². The van der Waals surface area contributed by atoms with Crippen molar-refractivity contribution in [3.8, 4) is 5.75 Å². The van der Waals surface area contributed by atoms with E-state index in [9.17, 15) is 9.59 Å².